The van der Waals surface area contributed by atoms with Crippen molar-refractivity contribution in [3.63, 3.8) is 0 Å². The Morgan fingerprint density at radius 1 is 1.53 bits per heavy atom. The van der Waals surface area contributed by atoms with Crippen molar-refractivity contribution < 1.29 is 8.42 Å². The maximum absolute atomic E-state index is 11.4. The molecule has 0 amide bonds. The number of nitrogens with zero attached hydrogens (tertiary/aromatic N) is 2. The molecule has 80 valence electrons. The zero-order valence-electron chi connectivity index (χ0n) is 8.69. The summed E-state index contributed by atoms with van der Waals surface area (Å²) in [5.41, 5.74) is 1.66. The van der Waals surface area contributed by atoms with Crippen LogP contribution in [0.2, 0.25) is 0 Å². The van der Waals surface area contributed by atoms with E-state index in [4.69, 9.17) is 5.26 Å². The number of pyridine rings is 1. The first-order valence-electron chi connectivity index (χ1n) is 4.54. The maximum atomic E-state index is 11.4. The van der Waals surface area contributed by atoms with E-state index in [-0.39, 0.29) is 11.5 Å². The highest BCUT2D eigenvalue weighted by Gasteiger charge is 2.12. The minimum Gasteiger partial charge on any atom is -0.260 e. The Balaban J connectivity index is 3.10. The van der Waals surface area contributed by atoms with Gasteiger partial charge in [0.05, 0.1) is 11.3 Å². The average molecular weight is 224 g/mol. The predicted molar refractivity (Wildman–Crippen MR) is 56.9 cm³/mol. The highest BCUT2D eigenvalue weighted by atomic mass is 32.2. The van der Waals surface area contributed by atoms with Crippen LogP contribution in [0.15, 0.2) is 12.3 Å². The number of aromatic nitrogens is 1. The van der Waals surface area contributed by atoms with Gasteiger partial charge in [-0.2, -0.15) is 5.26 Å². The van der Waals surface area contributed by atoms with Crippen molar-refractivity contribution in [2.45, 2.75) is 19.6 Å². The molecule has 15 heavy (non-hydrogen) atoms. The van der Waals surface area contributed by atoms with Crippen LogP contribution in [0.5, 0.6) is 0 Å². The van der Waals surface area contributed by atoms with Crippen molar-refractivity contribution >= 4 is 9.84 Å². The lowest BCUT2D eigenvalue weighted by Crippen LogP contribution is -2.08. The van der Waals surface area contributed by atoms with E-state index in [0.29, 0.717) is 16.8 Å². The molecule has 0 aliphatic carbocycles. The third kappa shape index (κ3) is 3.03. The summed E-state index contributed by atoms with van der Waals surface area (Å²) in [5, 5.41) is 8.67. The van der Waals surface area contributed by atoms with Crippen LogP contribution in [0.4, 0.5) is 0 Å². The van der Waals surface area contributed by atoms with Gasteiger partial charge >= 0.3 is 0 Å². The summed E-state index contributed by atoms with van der Waals surface area (Å²) >= 11 is 0. The number of sulfone groups is 1. The smallest absolute Gasteiger partial charge is 0.154 e. The van der Waals surface area contributed by atoms with Gasteiger partial charge in [-0.1, -0.05) is 6.92 Å². The van der Waals surface area contributed by atoms with E-state index in [1.165, 1.54) is 6.20 Å². The van der Waals surface area contributed by atoms with Gasteiger partial charge in [-0.15, -0.1) is 0 Å². The monoisotopic (exact) mass is 224 g/mol. The van der Waals surface area contributed by atoms with Crippen molar-refractivity contribution in [3.05, 3.63) is 29.1 Å². The minimum absolute atomic E-state index is 0.0438. The quantitative estimate of drug-likeness (QED) is 0.773. The second kappa shape index (κ2) is 4.41. The van der Waals surface area contributed by atoms with Gasteiger partial charge < -0.3 is 0 Å². The number of rotatable bonds is 3. The molecular formula is C10H12N2O2S. The molecule has 0 aliphatic heterocycles. The Morgan fingerprint density at radius 2 is 2.20 bits per heavy atom. The van der Waals surface area contributed by atoms with Crippen molar-refractivity contribution in [1.29, 1.82) is 5.26 Å². The summed E-state index contributed by atoms with van der Waals surface area (Å²) in [6, 6.07) is 3.52. The fraction of sp³-hybridized carbons (Fsp3) is 0.400. The van der Waals surface area contributed by atoms with E-state index in [0.717, 1.165) is 0 Å². The van der Waals surface area contributed by atoms with E-state index < -0.39 is 9.84 Å². The van der Waals surface area contributed by atoms with Crippen LogP contribution in [0.25, 0.3) is 0 Å². The lowest BCUT2D eigenvalue weighted by molar-refractivity contribution is 0.596. The predicted octanol–water partition coefficient (Wildman–Crippen LogP) is 1.20. The van der Waals surface area contributed by atoms with Gasteiger partial charge in [-0.25, -0.2) is 8.42 Å². The number of hydrogen-bond acceptors (Lipinski definition) is 4. The van der Waals surface area contributed by atoms with Crippen molar-refractivity contribution in [2.24, 2.45) is 0 Å². The Kier molecular flexibility index (Phi) is 3.43. The van der Waals surface area contributed by atoms with E-state index in [2.05, 4.69) is 4.98 Å². The third-order valence-corrected chi connectivity index (χ3v) is 3.77. The number of hydrogen-bond donors (Lipinski definition) is 0. The molecule has 1 heterocycles. The van der Waals surface area contributed by atoms with Crippen molar-refractivity contribution in [3.8, 4) is 6.07 Å². The fourth-order valence-corrected chi connectivity index (χ4v) is 2.10. The average Bonchev–Trinajstić information content (AvgIpc) is 2.21. The normalized spacial score (nSPS) is 11.0. The Labute approximate surface area is 89.5 Å². The Bertz CT molecular complexity index is 501. The minimum atomic E-state index is -3.07. The summed E-state index contributed by atoms with van der Waals surface area (Å²) < 4.78 is 22.8. The van der Waals surface area contributed by atoms with E-state index in [9.17, 15) is 8.42 Å². The number of nitriles is 1. The van der Waals surface area contributed by atoms with Crippen molar-refractivity contribution in [2.75, 3.05) is 5.75 Å². The summed E-state index contributed by atoms with van der Waals surface area (Å²) in [4.78, 5) is 3.98. The molecule has 0 aliphatic rings. The first-order valence-corrected chi connectivity index (χ1v) is 6.36. The van der Waals surface area contributed by atoms with Gasteiger partial charge in [0.25, 0.3) is 0 Å². The maximum Gasteiger partial charge on any atom is 0.154 e. The molecule has 0 N–H and O–H groups in total. The summed E-state index contributed by atoms with van der Waals surface area (Å²) in [6.07, 6.45) is 1.44. The van der Waals surface area contributed by atoms with Gasteiger partial charge in [0, 0.05) is 17.6 Å². The first kappa shape index (κ1) is 11.7. The molecular weight excluding hydrogens is 212 g/mol. The molecule has 5 heteroatoms. The molecule has 1 aromatic rings. The molecule has 0 aromatic carbocycles. The first-order chi connectivity index (χ1) is 6.98. The highest BCUT2D eigenvalue weighted by molar-refractivity contribution is 7.90. The molecule has 0 saturated carbocycles. The SMILES string of the molecule is CCS(=O)(=O)Cc1cc(C#N)cnc1C. The van der Waals surface area contributed by atoms with Gasteiger partial charge in [0.15, 0.2) is 9.84 Å². The van der Waals surface area contributed by atoms with Crippen LogP contribution >= 0.6 is 0 Å². The van der Waals surface area contributed by atoms with Crippen LogP contribution in [0, 0.1) is 18.3 Å². The highest BCUT2D eigenvalue weighted by Crippen LogP contribution is 2.11. The van der Waals surface area contributed by atoms with E-state index in [1.54, 1.807) is 19.9 Å². The van der Waals surface area contributed by atoms with Gasteiger partial charge in [-0.3, -0.25) is 4.98 Å². The summed E-state index contributed by atoms with van der Waals surface area (Å²) in [5.74, 6) is 0.0566. The Hall–Kier alpha value is -1.41. The molecule has 0 atom stereocenters. The molecule has 0 spiro atoms. The largest absolute Gasteiger partial charge is 0.260 e. The Morgan fingerprint density at radius 3 is 2.73 bits per heavy atom. The lowest BCUT2D eigenvalue weighted by Gasteiger charge is -2.04. The molecule has 1 rings (SSSR count). The molecule has 0 bridgehead atoms. The van der Waals surface area contributed by atoms with E-state index in [1.807, 2.05) is 6.07 Å². The van der Waals surface area contributed by atoms with E-state index >= 15 is 0 Å². The summed E-state index contributed by atoms with van der Waals surface area (Å²) in [7, 11) is -3.07. The molecule has 0 fully saturated rings. The van der Waals surface area contributed by atoms with Crippen LogP contribution in [-0.4, -0.2) is 19.2 Å². The van der Waals surface area contributed by atoms with Gasteiger partial charge in [-0.05, 0) is 18.6 Å². The fourth-order valence-electron chi connectivity index (χ4n) is 1.12. The van der Waals surface area contributed by atoms with Crippen LogP contribution < -0.4 is 0 Å². The van der Waals surface area contributed by atoms with Crippen molar-refractivity contribution in [1.82, 2.24) is 4.98 Å². The molecule has 0 radical (unpaired) electrons. The number of aryl methyl sites for hydroxylation is 1. The second-order valence-electron chi connectivity index (χ2n) is 3.26. The molecule has 1 aromatic heterocycles. The molecule has 4 nitrogen and oxygen atoms in total. The zero-order chi connectivity index (χ0) is 11.5. The molecule has 0 unspecified atom stereocenters. The third-order valence-electron chi connectivity index (χ3n) is 2.14. The summed E-state index contributed by atoms with van der Waals surface area (Å²) in [6.45, 7) is 3.34. The lowest BCUT2D eigenvalue weighted by atomic mass is 10.2. The zero-order valence-corrected chi connectivity index (χ0v) is 9.50. The van der Waals surface area contributed by atoms with Gasteiger partial charge in [0.1, 0.15) is 6.07 Å². The van der Waals surface area contributed by atoms with Gasteiger partial charge in [0.2, 0.25) is 0 Å². The standard InChI is InChI=1S/C10H12N2O2S/c1-3-15(13,14)7-10-4-9(5-11)6-12-8(10)2/h4,6H,3,7H2,1-2H3. The van der Waals surface area contributed by atoms with Crippen LogP contribution in [-0.2, 0) is 15.6 Å². The second-order valence-corrected chi connectivity index (χ2v) is 5.61. The van der Waals surface area contributed by atoms with Crippen LogP contribution in [0.3, 0.4) is 0 Å². The van der Waals surface area contributed by atoms with Crippen LogP contribution in [0.1, 0.15) is 23.7 Å². The topological polar surface area (TPSA) is 70.8 Å². The molecule has 0 saturated heterocycles.